The molecule has 2 rings (SSSR count). The molecule has 144 valence electrons. The first-order chi connectivity index (χ1) is 12.9. The number of halogens is 1. The molecule has 0 aromatic heterocycles. The second-order valence-electron chi connectivity index (χ2n) is 6.72. The third-order valence-electron chi connectivity index (χ3n) is 4.11. The lowest BCUT2D eigenvalue weighted by Gasteiger charge is -2.31. The molecule has 0 aliphatic carbocycles. The van der Waals surface area contributed by atoms with Crippen molar-refractivity contribution in [2.75, 3.05) is 13.2 Å². The highest BCUT2D eigenvalue weighted by molar-refractivity contribution is 6.31. The van der Waals surface area contributed by atoms with Gasteiger partial charge < -0.3 is 19.9 Å². The van der Waals surface area contributed by atoms with Crippen molar-refractivity contribution in [3.8, 4) is 11.8 Å². The molecule has 0 spiro atoms. The van der Waals surface area contributed by atoms with Crippen molar-refractivity contribution >= 4 is 11.6 Å². The van der Waals surface area contributed by atoms with E-state index >= 15 is 0 Å². The minimum absolute atomic E-state index is 0.345. The first-order valence-electron chi connectivity index (χ1n) is 8.84. The number of rotatable bonds is 10. The molecule has 0 heterocycles. The van der Waals surface area contributed by atoms with Gasteiger partial charge in [0.2, 0.25) is 0 Å². The van der Waals surface area contributed by atoms with Crippen LogP contribution in [0.2, 0.25) is 5.02 Å². The minimum atomic E-state index is -0.947. The van der Waals surface area contributed by atoms with Gasteiger partial charge in [-0.05, 0) is 44.5 Å². The zero-order valence-corrected chi connectivity index (χ0v) is 16.4. The maximum atomic E-state index is 10.3. The van der Waals surface area contributed by atoms with E-state index in [1.807, 2.05) is 50.2 Å². The van der Waals surface area contributed by atoms with E-state index in [0.29, 0.717) is 42.5 Å². The Morgan fingerprint density at radius 3 is 2.63 bits per heavy atom. The number of ether oxygens (including phenoxy) is 2. The van der Waals surface area contributed by atoms with Crippen LogP contribution >= 0.6 is 11.6 Å². The number of benzene rings is 2. The molecular weight excluding hydrogens is 364 g/mol. The Hall–Kier alpha value is -2.10. The molecule has 1 atom stereocenters. The molecule has 0 unspecified atom stereocenters. The first kappa shape index (κ1) is 21.2. The molecule has 6 heteroatoms. The second-order valence-corrected chi connectivity index (χ2v) is 7.13. The zero-order valence-electron chi connectivity index (χ0n) is 15.6. The third-order valence-corrected chi connectivity index (χ3v) is 4.43. The van der Waals surface area contributed by atoms with E-state index in [-0.39, 0.29) is 0 Å². The Morgan fingerprint density at radius 1 is 1.19 bits per heavy atom. The van der Waals surface area contributed by atoms with Gasteiger partial charge in [0, 0.05) is 0 Å². The number of aliphatic hydroxyl groups excluding tert-OH is 1. The molecular formula is C21H25ClN2O3. The molecule has 5 nitrogen and oxygen atoms in total. The normalized spacial score (nSPS) is 12.4. The van der Waals surface area contributed by atoms with Gasteiger partial charge in [-0.25, -0.2) is 0 Å². The summed E-state index contributed by atoms with van der Waals surface area (Å²) >= 11 is 5.98. The van der Waals surface area contributed by atoms with Gasteiger partial charge in [0.1, 0.15) is 17.4 Å². The molecule has 0 fully saturated rings. The fraction of sp³-hybridized carbons (Fsp3) is 0.381. The summed E-state index contributed by atoms with van der Waals surface area (Å²) in [7, 11) is 0. The van der Waals surface area contributed by atoms with Crippen LogP contribution in [0.3, 0.4) is 0 Å². The molecule has 0 radical (unpaired) electrons. The van der Waals surface area contributed by atoms with E-state index in [0.717, 1.165) is 5.56 Å². The Balaban J connectivity index is 1.72. The zero-order chi connectivity index (χ0) is 19.7. The highest BCUT2D eigenvalue weighted by Gasteiger charge is 2.27. The van der Waals surface area contributed by atoms with Crippen molar-refractivity contribution < 1.29 is 14.6 Å². The van der Waals surface area contributed by atoms with Crippen LogP contribution in [0.4, 0.5) is 0 Å². The summed E-state index contributed by atoms with van der Waals surface area (Å²) in [5.74, 6) is 0.482. The van der Waals surface area contributed by atoms with Gasteiger partial charge in [0.25, 0.3) is 0 Å². The van der Waals surface area contributed by atoms with Crippen molar-refractivity contribution in [3.05, 3.63) is 64.7 Å². The molecule has 2 aromatic rings. The number of aliphatic hydroxyl groups is 1. The van der Waals surface area contributed by atoms with Crippen molar-refractivity contribution in [2.24, 2.45) is 0 Å². The maximum Gasteiger partial charge on any atom is 0.172 e. The third kappa shape index (κ3) is 6.53. The molecule has 0 saturated heterocycles. The van der Waals surface area contributed by atoms with Crippen LogP contribution in [-0.2, 0) is 11.3 Å². The lowest BCUT2D eigenvalue weighted by Crippen LogP contribution is -2.51. The quantitative estimate of drug-likeness (QED) is 0.477. The van der Waals surface area contributed by atoms with Gasteiger partial charge in [-0.15, -0.1) is 0 Å². The smallest absolute Gasteiger partial charge is 0.172 e. The van der Waals surface area contributed by atoms with Crippen LogP contribution < -0.4 is 10.1 Å². The Bertz CT molecular complexity index is 760. The molecule has 0 bridgehead atoms. The monoisotopic (exact) mass is 388 g/mol. The van der Waals surface area contributed by atoms with Gasteiger partial charge in [-0.1, -0.05) is 48.0 Å². The minimum Gasteiger partial charge on any atom is -0.492 e. The van der Waals surface area contributed by atoms with E-state index in [1.165, 1.54) is 0 Å². The lowest BCUT2D eigenvalue weighted by atomic mass is 10.0. The van der Waals surface area contributed by atoms with Crippen LogP contribution in [0.25, 0.3) is 0 Å². The molecule has 0 aliphatic heterocycles. The Labute approximate surface area is 165 Å². The van der Waals surface area contributed by atoms with Crippen LogP contribution in [0.5, 0.6) is 5.75 Å². The van der Waals surface area contributed by atoms with Crippen molar-refractivity contribution in [3.63, 3.8) is 0 Å². The fourth-order valence-electron chi connectivity index (χ4n) is 2.44. The largest absolute Gasteiger partial charge is 0.492 e. The molecule has 2 aromatic carbocycles. The van der Waals surface area contributed by atoms with E-state index in [1.54, 1.807) is 18.2 Å². The highest BCUT2D eigenvalue weighted by Crippen LogP contribution is 2.25. The standard InChI is InChI=1S/C21H25ClN2O3/c1-21(2,20(25)27-15-16-8-4-3-5-9-16)24-12-7-13-26-19-11-6-10-18(22)17(19)14-23/h3-6,8-11,20,24-25H,7,12-13,15H2,1-2H3/t20-/m1/s1. The van der Waals surface area contributed by atoms with Crippen molar-refractivity contribution in [1.29, 1.82) is 5.26 Å². The molecule has 2 N–H and O–H groups in total. The summed E-state index contributed by atoms with van der Waals surface area (Å²) in [5.41, 5.74) is 0.746. The number of nitriles is 1. The summed E-state index contributed by atoms with van der Waals surface area (Å²) in [6.45, 7) is 5.17. The molecule has 0 aliphatic rings. The summed E-state index contributed by atoms with van der Waals surface area (Å²) in [5, 5.41) is 23.1. The highest BCUT2D eigenvalue weighted by atomic mass is 35.5. The summed E-state index contributed by atoms with van der Waals surface area (Å²) in [4.78, 5) is 0. The average Bonchev–Trinajstić information content (AvgIpc) is 2.66. The number of nitrogens with zero attached hydrogens (tertiary/aromatic N) is 1. The summed E-state index contributed by atoms with van der Waals surface area (Å²) < 4.78 is 11.2. The number of hydrogen-bond acceptors (Lipinski definition) is 5. The lowest BCUT2D eigenvalue weighted by molar-refractivity contribution is -0.151. The van der Waals surface area contributed by atoms with E-state index < -0.39 is 11.8 Å². The van der Waals surface area contributed by atoms with E-state index in [2.05, 4.69) is 5.32 Å². The average molecular weight is 389 g/mol. The van der Waals surface area contributed by atoms with Gasteiger partial charge in [0.15, 0.2) is 6.29 Å². The van der Waals surface area contributed by atoms with Crippen LogP contribution in [0.1, 0.15) is 31.4 Å². The van der Waals surface area contributed by atoms with Crippen LogP contribution in [0.15, 0.2) is 48.5 Å². The first-order valence-corrected chi connectivity index (χ1v) is 9.22. The van der Waals surface area contributed by atoms with Crippen molar-refractivity contribution in [2.45, 2.75) is 38.7 Å². The molecule has 0 saturated carbocycles. The topological polar surface area (TPSA) is 74.5 Å². The van der Waals surface area contributed by atoms with Crippen LogP contribution in [-0.4, -0.2) is 30.1 Å². The summed E-state index contributed by atoms with van der Waals surface area (Å²) in [6.07, 6.45) is -0.247. The number of nitrogens with one attached hydrogen (secondary N) is 1. The predicted molar refractivity (Wildman–Crippen MR) is 106 cm³/mol. The molecule has 27 heavy (non-hydrogen) atoms. The number of hydrogen-bond donors (Lipinski definition) is 2. The van der Waals surface area contributed by atoms with Crippen molar-refractivity contribution in [1.82, 2.24) is 5.32 Å². The SMILES string of the molecule is CC(C)(NCCCOc1cccc(Cl)c1C#N)[C@H](O)OCc1ccccc1. The Morgan fingerprint density at radius 2 is 1.93 bits per heavy atom. The van der Waals surface area contributed by atoms with Gasteiger partial charge in [0.05, 0.1) is 23.8 Å². The maximum absolute atomic E-state index is 10.3. The van der Waals surface area contributed by atoms with Crippen LogP contribution in [0, 0.1) is 11.3 Å². The summed E-state index contributed by atoms with van der Waals surface area (Å²) in [6, 6.07) is 16.9. The van der Waals surface area contributed by atoms with Gasteiger partial charge >= 0.3 is 0 Å². The van der Waals surface area contributed by atoms with E-state index in [9.17, 15) is 5.11 Å². The molecule has 0 amide bonds. The van der Waals surface area contributed by atoms with E-state index in [4.69, 9.17) is 26.3 Å². The Kier molecular flexibility index (Phi) is 8.08. The predicted octanol–water partition coefficient (Wildman–Crippen LogP) is 3.88. The van der Waals surface area contributed by atoms with Gasteiger partial charge in [-0.3, -0.25) is 0 Å². The fourth-order valence-corrected chi connectivity index (χ4v) is 2.65. The van der Waals surface area contributed by atoms with Gasteiger partial charge in [-0.2, -0.15) is 5.26 Å². The second kappa shape index (κ2) is 10.3.